The topological polar surface area (TPSA) is 52.6 Å². The second-order valence-corrected chi connectivity index (χ2v) is 6.01. The van der Waals surface area contributed by atoms with E-state index in [9.17, 15) is 9.90 Å². The molecule has 0 aliphatic heterocycles. The Morgan fingerprint density at radius 2 is 2.06 bits per heavy atom. The van der Waals surface area contributed by atoms with Crippen LogP contribution in [0, 0.1) is 5.92 Å². The third-order valence-corrected chi connectivity index (χ3v) is 3.61. The number of nitrogens with zero attached hydrogens (tertiary/aromatic N) is 1. The van der Waals surface area contributed by atoms with Crippen LogP contribution in [0.4, 0.5) is 4.79 Å². The Morgan fingerprint density at radius 1 is 1.39 bits per heavy atom. The van der Waals surface area contributed by atoms with Gasteiger partial charge in [0, 0.05) is 18.6 Å². The number of nitrogens with one attached hydrogen (secondary N) is 1. The third-order valence-electron chi connectivity index (χ3n) is 3.61. The lowest BCUT2D eigenvalue weighted by Crippen LogP contribution is -2.50. The molecule has 1 aliphatic carbocycles. The van der Waals surface area contributed by atoms with Gasteiger partial charge in [-0.05, 0) is 39.5 Å². The summed E-state index contributed by atoms with van der Waals surface area (Å²) >= 11 is 0. The van der Waals surface area contributed by atoms with E-state index in [1.165, 1.54) is 12.8 Å². The molecule has 1 rings (SSSR count). The molecule has 2 amide bonds. The molecule has 0 heterocycles. The molecule has 4 heteroatoms. The first kappa shape index (κ1) is 15.3. The summed E-state index contributed by atoms with van der Waals surface area (Å²) in [6, 6.07) is 0.377. The normalized spacial score (nSPS) is 25.9. The van der Waals surface area contributed by atoms with E-state index in [2.05, 4.69) is 12.2 Å². The highest BCUT2D eigenvalue weighted by molar-refractivity contribution is 5.74. The van der Waals surface area contributed by atoms with Crippen molar-refractivity contribution in [2.75, 3.05) is 6.54 Å². The van der Waals surface area contributed by atoms with Crippen LogP contribution >= 0.6 is 0 Å². The summed E-state index contributed by atoms with van der Waals surface area (Å²) in [7, 11) is 0. The van der Waals surface area contributed by atoms with Crippen molar-refractivity contribution in [3.63, 3.8) is 0 Å². The van der Waals surface area contributed by atoms with Gasteiger partial charge in [0.25, 0.3) is 0 Å². The van der Waals surface area contributed by atoms with Gasteiger partial charge in [0.05, 0.1) is 6.10 Å². The van der Waals surface area contributed by atoms with Gasteiger partial charge in [-0.1, -0.05) is 19.8 Å². The van der Waals surface area contributed by atoms with E-state index in [0.29, 0.717) is 18.5 Å². The van der Waals surface area contributed by atoms with Gasteiger partial charge in [0.1, 0.15) is 0 Å². The number of aliphatic hydroxyl groups is 1. The maximum atomic E-state index is 12.2. The maximum absolute atomic E-state index is 12.2. The van der Waals surface area contributed by atoms with Crippen molar-refractivity contribution in [3.05, 3.63) is 0 Å². The minimum atomic E-state index is -0.483. The molecular formula is C14H28N2O2. The predicted octanol–water partition coefficient (Wildman–Crippen LogP) is 2.37. The van der Waals surface area contributed by atoms with Crippen LogP contribution in [-0.4, -0.2) is 40.8 Å². The van der Waals surface area contributed by atoms with E-state index in [0.717, 1.165) is 12.8 Å². The lowest BCUT2D eigenvalue weighted by molar-refractivity contribution is 0.115. The van der Waals surface area contributed by atoms with Gasteiger partial charge in [-0.25, -0.2) is 4.79 Å². The number of urea groups is 1. The number of carbonyl (C=O) groups is 1. The second kappa shape index (κ2) is 6.98. The second-order valence-electron chi connectivity index (χ2n) is 6.01. The standard InChI is InChI=1S/C14H28N2O2/c1-10(2)16(9-12(4)17)14(18)15-13-7-5-6-11(3)8-13/h10-13,17H,5-9H2,1-4H3,(H,15,18). The Labute approximate surface area is 111 Å². The molecule has 3 unspecified atom stereocenters. The minimum Gasteiger partial charge on any atom is -0.392 e. The van der Waals surface area contributed by atoms with E-state index >= 15 is 0 Å². The highest BCUT2D eigenvalue weighted by atomic mass is 16.3. The van der Waals surface area contributed by atoms with Crippen LogP contribution in [0.15, 0.2) is 0 Å². The van der Waals surface area contributed by atoms with Crippen molar-refractivity contribution in [2.45, 2.75) is 71.6 Å². The molecule has 0 saturated heterocycles. The van der Waals surface area contributed by atoms with Crippen molar-refractivity contribution >= 4 is 6.03 Å². The number of aliphatic hydroxyl groups excluding tert-OH is 1. The summed E-state index contributed by atoms with van der Waals surface area (Å²) in [6.07, 6.45) is 4.14. The quantitative estimate of drug-likeness (QED) is 0.811. The summed E-state index contributed by atoms with van der Waals surface area (Å²) in [5.74, 6) is 0.702. The van der Waals surface area contributed by atoms with Crippen molar-refractivity contribution < 1.29 is 9.90 Å². The molecular weight excluding hydrogens is 228 g/mol. The number of carbonyl (C=O) groups excluding carboxylic acids is 1. The molecule has 18 heavy (non-hydrogen) atoms. The van der Waals surface area contributed by atoms with Crippen LogP contribution in [0.3, 0.4) is 0 Å². The molecule has 2 N–H and O–H groups in total. The van der Waals surface area contributed by atoms with E-state index in [1.807, 2.05) is 13.8 Å². The average molecular weight is 256 g/mol. The van der Waals surface area contributed by atoms with E-state index < -0.39 is 6.10 Å². The van der Waals surface area contributed by atoms with Crippen molar-refractivity contribution in [2.24, 2.45) is 5.92 Å². The zero-order valence-electron chi connectivity index (χ0n) is 12.1. The molecule has 0 radical (unpaired) electrons. The molecule has 0 spiro atoms. The zero-order valence-corrected chi connectivity index (χ0v) is 12.1. The average Bonchev–Trinajstić information content (AvgIpc) is 2.25. The molecule has 0 aromatic rings. The molecule has 1 saturated carbocycles. The number of hydrogen-bond acceptors (Lipinski definition) is 2. The SMILES string of the molecule is CC(O)CN(C(=O)NC1CCCC(C)C1)C(C)C. The first-order valence-electron chi connectivity index (χ1n) is 7.15. The monoisotopic (exact) mass is 256 g/mol. The van der Waals surface area contributed by atoms with E-state index in [4.69, 9.17) is 0 Å². The van der Waals surface area contributed by atoms with Crippen LogP contribution in [0.5, 0.6) is 0 Å². The van der Waals surface area contributed by atoms with Gasteiger partial charge < -0.3 is 15.3 Å². The van der Waals surface area contributed by atoms with Crippen LogP contribution < -0.4 is 5.32 Å². The fraction of sp³-hybridized carbons (Fsp3) is 0.929. The minimum absolute atomic E-state index is 0.0370. The Hall–Kier alpha value is -0.770. The van der Waals surface area contributed by atoms with Crippen LogP contribution in [0.2, 0.25) is 0 Å². The van der Waals surface area contributed by atoms with Gasteiger partial charge >= 0.3 is 6.03 Å². The lowest BCUT2D eigenvalue weighted by atomic mass is 9.87. The van der Waals surface area contributed by atoms with Crippen LogP contribution in [0.25, 0.3) is 0 Å². The summed E-state index contributed by atoms with van der Waals surface area (Å²) in [5.41, 5.74) is 0. The molecule has 0 aromatic heterocycles. The van der Waals surface area contributed by atoms with Gasteiger partial charge in [-0.3, -0.25) is 0 Å². The van der Waals surface area contributed by atoms with Gasteiger partial charge in [-0.15, -0.1) is 0 Å². The fourth-order valence-corrected chi connectivity index (χ4v) is 2.64. The first-order valence-corrected chi connectivity index (χ1v) is 7.15. The molecule has 0 aromatic carbocycles. The maximum Gasteiger partial charge on any atom is 0.317 e. The molecule has 1 aliphatic rings. The smallest absolute Gasteiger partial charge is 0.317 e. The summed E-state index contributed by atoms with van der Waals surface area (Å²) in [4.78, 5) is 13.9. The summed E-state index contributed by atoms with van der Waals surface area (Å²) in [6.45, 7) is 8.31. The molecule has 3 atom stereocenters. The fourth-order valence-electron chi connectivity index (χ4n) is 2.64. The molecule has 1 fully saturated rings. The first-order chi connectivity index (χ1) is 8.40. The predicted molar refractivity (Wildman–Crippen MR) is 73.5 cm³/mol. The van der Waals surface area contributed by atoms with E-state index in [-0.39, 0.29) is 12.1 Å². The Morgan fingerprint density at radius 3 is 2.56 bits per heavy atom. The third kappa shape index (κ3) is 4.84. The largest absolute Gasteiger partial charge is 0.392 e. The summed E-state index contributed by atoms with van der Waals surface area (Å²) < 4.78 is 0. The van der Waals surface area contributed by atoms with Gasteiger partial charge in [0.15, 0.2) is 0 Å². The Balaban J connectivity index is 2.50. The van der Waals surface area contributed by atoms with Gasteiger partial charge in [0.2, 0.25) is 0 Å². The number of amides is 2. The highest BCUT2D eigenvalue weighted by Crippen LogP contribution is 2.23. The lowest BCUT2D eigenvalue weighted by Gasteiger charge is -2.33. The van der Waals surface area contributed by atoms with Crippen molar-refractivity contribution in [1.29, 1.82) is 0 Å². The van der Waals surface area contributed by atoms with Gasteiger partial charge in [-0.2, -0.15) is 0 Å². The zero-order chi connectivity index (χ0) is 13.7. The number of rotatable bonds is 4. The van der Waals surface area contributed by atoms with E-state index in [1.54, 1.807) is 11.8 Å². The highest BCUT2D eigenvalue weighted by Gasteiger charge is 2.24. The molecule has 4 nitrogen and oxygen atoms in total. The van der Waals surface area contributed by atoms with Crippen molar-refractivity contribution in [3.8, 4) is 0 Å². The Bertz CT molecular complexity index is 267. The van der Waals surface area contributed by atoms with Crippen LogP contribution in [0.1, 0.15) is 53.4 Å². The number of hydrogen-bond donors (Lipinski definition) is 2. The molecule has 0 bridgehead atoms. The summed E-state index contributed by atoms with van der Waals surface area (Å²) in [5, 5.41) is 12.6. The Kier molecular flexibility index (Phi) is 5.93. The molecule has 106 valence electrons. The van der Waals surface area contributed by atoms with Crippen molar-refractivity contribution in [1.82, 2.24) is 10.2 Å². The van der Waals surface area contributed by atoms with Crippen LogP contribution in [-0.2, 0) is 0 Å².